The molecule has 27 heavy (non-hydrogen) atoms. The predicted octanol–water partition coefficient (Wildman–Crippen LogP) is 4.16. The highest BCUT2D eigenvalue weighted by atomic mass is 35.5. The molecule has 0 aliphatic carbocycles. The molecule has 0 saturated heterocycles. The number of rotatable bonds is 5. The molecule has 0 bridgehead atoms. The second kappa shape index (κ2) is 7.46. The molecule has 1 amide bonds. The van der Waals surface area contributed by atoms with Crippen LogP contribution in [0.15, 0.2) is 42.5 Å². The number of amides is 1. The lowest BCUT2D eigenvalue weighted by atomic mass is 10.1. The zero-order valence-electron chi connectivity index (χ0n) is 14.1. The minimum absolute atomic E-state index is 0.0519. The molecule has 0 saturated carbocycles. The van der Waals surface area contributed by atoms with Crippen molar-refractivity contribution >= 4 is 45.8 Å². The summed E-state index contributed by atoms with van der Waals surface area (Å²) in [6, 6.07) is 10.6. The van der Waals surface area contributed by atoms with E-state index in [4.69, 9.17) is 16.3 Å². The van der Waals surface area contributed by atoms with Crippen molar-refractivity contribution in [3.8, 4) is 0 Å². The van der Waals surface area contributed by atoms with E-state index in [2.05, 4.69) is 10.3 Å². The third-order valence-electron chi connectivity index (χ3n) is 3.82. The van der Waals surface area contributed by atoms with Crippen LogP contribution in [0.4, 0.5) is 11.4 Å². The van der Waals surface area contributed by atoms with Crippen molar-refractivity contribution in [1.82, 2.24) is 4.98 Å². The molecule has 0 aliphatic heterocycles. The van der Waals surface area contributed by atoms with Gasteiger partial charge in [0, 0.05) is 22.0 Å². The third-order valence-corrected chi connectivity index (χ3v) is 4.06. The Morgan fingerprint density at radius 1 is 1.26 bits per heavy atom. The van der Waals surface area contributed by atoms with Gasteiger partial charge in [-0.15, -0.1) is 0 Å². The normalized spacial score (nSPS) is 10.6. The lowest BCUT2D eigenvalue weighted by molar-refractivity contribution is -0.385. The van der Waals surface area contributed by atoms with Gasteiger partial charge in [-0.05, 0) is 25.1 Å². The van der Waals surface area contributed by atoms with Crippen molar-refractivity contribution in [3.05, 3.63) is 68.9 Å². The molecule has 0 radical (unpaired) electrons. The molecule has 3 rings (SSSR count). The minimum atomic E-state index is -0.764. The van der Waals surface area contributed by atoms with E-state index >= 15 is 0 Å². The number of halogens is 1. The van der Waals surface area contributed by atoms with Crippen LogP contribution >= 0.6 is 11.6 Å². The Balaban J connectivity index is 2.08. The van der Waals surface area contributed by atoms with Gasteiger partial charge in [0.05, 0.1) is 17.2 Å². The first-order valence-corrected chi connectivity index (χ1v) is 8.33. The molecule has 3 aromatic rings. The number of benzene rings is 2. The maximum Gasteiger partial charge on any atom is 0.356 e. The van der Waals surface area contributed by atoms with Crippen LogP contribution < -0.4 is 5.32 Å². The molecule has 0 spiro atoms. The number of ether oxygens (including phenoxy) is 1. The van der Waals surface area contributed by atoms with Crippen molar-refractivity contribution in [1.29, 1.82) is 0 Å². The number of anilines is 1. The summed E-state index contributed by atoms with van der Waals surface area (Å²) in [6.45, 7) is 1.81. The molecule has 9 heteroatoms. The molecule has 0 atom stereocenters. The Hall–Kier alpha value is -3.39. The predicted molar refractivity (Wildman–Crippen MR) is 100 cm³/mol. The number of nitro groups is 1. The van der Waals surface area contributed by atoms with Gasteiger partial charge in [0.1, 0.15) is 11.3 Å². The largest absolute Gasteiger partial charge is 0.461 e. The van der Waals surface area contributed by atoms with Crippen molar-refractivity contribution in [2.24, 2.45) is 0 Å². The van der Waals surface area contributed by atoms with E-state index in [0.717, 1.165) is 6.07 Å². The zero-order chi connectivity index (χ0) is 19.6. The minimum Gasteiger partial charge on any atom is -0.461 e. The monoisotopic (exact) mass is 387 g/mol. The summed E-state index contributed by atoms with van der Waals surface area (Å²) >= 11 is 5.88. The molecule has 0 unspecified atom stereocenters. The number of hydrogen-bond acceptors (Lipinski definition) is 5. The highest BCUT2D eigenvalue weighted by molar-refractivity contribution is 6.31. The number of H-pyrrole nitrogens is 1. The summed E-state index contributed by atoms with van der Waals surface area (Å²) in [4.78, 5) is 38.4. The molecule has 1 heterocycles. The van der Waals surface area contributed by atoms with Gasteiger partial charge >= 0.3 is 5.97 Å². The Bertz CT molecular complexity index is 1060. The van der Waals surface area contributed by atoms with Gasteiger partial charge in [-0.3, -0.25) is 14.9 Å². The number of fused-ring (bicyclic) bond motifs is 1. The van der Waals surface area contributed by atoms with E-state index in [1.54, 1.807) is 31.2 Å². The second-order valence-electron chi connectivity index (χ2n) is 5.51. The first-order valence-electron chi connectivity index (χ1n) is 7.95. The van der Waals surface area contributed by atoms with Gasteiger partial charge in [-0.25, -0.2) is 4.79 Å². The second-order valence-corrected chi connectivity index (χ2v) is 5.95. The summed E-state index contributed by atoms with van der Waals surface area (Å²) in [6.07, 6.45) is 0. The molecule has 138 valence electrons. The van der Waals surface area contributed by atoms with Crippen LogP contribution in [0.3, 0.4) is 0 Å². The van der Waals surface area contributed by atoms with Gasteiger partial charge in [-0.1, -0.05) is 29.8 Å². The van der Waals surface area contributed by atoms with Crippen molar-refractivity contribution in [2.45, 2.75) is 6.92 Å². The molecular weight excluding hydrogens is 374 g/mol. The first-order chi connectivity index (χ1) is 12.9. The summed E-state index contributed by atoms with van der Waals surface area (Å²) in [5.41, 5.74) is 0.234. The van der Waals surface area contributed by atoms with E-state index in [1.165, 1.54) is 12.1 Å². The van der Waals surface area contributed by atoms with Crippen LogP contribution in [-0.4, -0.2) is 28.4 Å². The summed E-state index contributed by atoms with van der Waals surface area (Å²) in [5, 5.41) is 14.5. The molecule has 0 aliphatic rings. The van der Waals surface area contributed by atoms with E-state index in [0.29, 0.717) is 10.9 Å². The highest BCUT2D eigenvalue weighted by Crippen LogP contribution is 2.30. The quantitative estimate of drug-likeness (QED) is 0.387. The number of aromatic amines is 1. The van der Waals surface area contributed by atoms with E-state index in [-0.39, 0.29) is 28.6 Å². The van der Waals surface area contributed by atoms with Crippen LogP contribution in [0.5, 0.6) is 0 Å². The van der Waals surface area contributed by atoms with Crippen LogP contribution in [0.1, 0.15) is 27.8 Å². The molecular formula is C18H14ClN3O5. The number of carbonyl (C=O) groups excluding carboxylic acids is 2. The van der Waals surface area contributed by atoms with E-state index < -0.39 is 22.5 Å². The smallest absolute Gasteiger partial charge is 0.356 e. The highest BCUT2D eigenvalue weighted by Gasteiger charge is 2.25. The van der Waals surface area contributed by atoms with Crippen LogP contribution in [0, 0.1) is 10.1 Å². The third kappa shape index (κ3) is 3.61. The maximum absolute atomic E-state index is 12.7. The van der Waals surface area contributed by atoms with Gasteiger partial charge in [-0.2, -0.15) is 0 Å². The average Bonchev–Trinajstić information content (AvgIpc) is 3.00. The van der Waals surface area contributed by atoms with Crippen molar-refractivity contribution in [2.75, 3.05) is 11.9 Å². The van der Waals surface area contributed by atoms with Gasteiger partial charge < -0.3 is 15.0 Å². The number of nitrogens with one attached hydrogen (secondary N) is 2. The summed E-state index contributed by atoms with van der Waals surface area (Å²) < 4.78 is 5.02. The Morgan fingerprint density at radius 2 is 2.00 bits per heavy atom. The zero-order valence-corrected chi connectivity index (χ0v) is 14.9. The average molecular weight is 388 g/mol. The van der Waals surface area contributed by atoms with Crippen molar-refractivity contribution in [3.63, 3.8) is 0 Å². The Labute approximate surface area is 158 Å². The number of aromatic nitrogens is 1. The Kier molecular flexibility index (Phi) is 5.09. The fourth-order valence-electron chi connectivity index (χ4n) is 2.66. The SMILES string of the molecule is CCOC(=O)c1[nH]c2ccccc2c1NC(=O)c1cc(Cl)ccc1[N+](=O)[O-]. The van der Waals surface area contributed by atoms with Gasteiger partial charge in [0.15, 0.2) is 0 Å². The lowest BCUT2D eigenvalue weighted by Gasteiger charge is -2.08. The number of nitrogens with zero attached hydrogens (tertiary/aromatic N) is 1. The standard InChI is InChI=1S/C18H14ClN3O5/c1-2-27-18(24)16-15(11-5-3-4-6-13(11)20-16)21-17(23)12-9-10(19)7-8-14(12)22(25)26/h3-9,20H,2H2,1H3,(H,21,23). The Morgan fingerprint density at radius 3 is 2.70 bits per heavy atom. The van der Waals surface area contributed by atoms with Gasteiger partial charge in [0.25, 0.3) is 11.6 Å². The van der Waals surface area contributed by atoms with Crippen LogP contribution in [0.25, 0.3) is 10.9 Å². The van der Waals surface area contributed by atoms with Crippen molar-refractivity contribution < 1.29 is 19.2 Å². The molecule has 1 aromatic heterocycles. The number of esters is 1. The van der Waals surface area contributed by atoms with E-state index in [1.807, 2.05) is 0 Å². The number of para-hydroxylation sites is 1. The fourth-order valence-corrected chi connectivity index (χ4v) is 2.83. The maximum atomic E-state index is 12.7. The molecule has 2 N–H and O–H groups in total. The summed E-state index contributed by atoms with van der Waals surface area (Å²) in [7, 11) is 0. The van der Waals surface area contributed by atoms with Crippen LogP contribution in [0.2, 0.25) is 5.02 Å². The van der Waals surface area contributed by atoms with E-state index in [9.17, 15) is 19.7 Å². The number of hydrogen-bond donors (Lipinski definition) is 2. The van der Waals surface area contributed by atoms with Crippen LogP contribution in [-0.2, 0) is 4.74 Å². The van der Waals surface area contributed by atoms with Gasteiger partial charge in [0.2, 0.25) is 0 Å². The topological polar surface area (TPSA) is 114 Å². The number of nitro benzene ring substituents is 1. The number of carbonyl (C=O) groups is 2. The molecule has 8 nitrogen and oxygen atoms in total. The first kappa shape index (κ1) is 18.4. The fraction of sp³-hybridized carbons (Fsp3) is 0.111. The molecule has 2 aromatic carbocycles. The molecule has 0 fully saturated rings. The lowest BCUT2D eigenvalue weighted by Crippen LogP contribution is -2.16. The summed E-state index contributed by atoms with van der Waals surface area (Å²) in [5.74, 6) is -1.41.